The standard InChI is InChI=1S/C6H12NO/c1-6(2)3-4-7-5-8/h5-6H,3-4H2,1-2H3. The summed E-state index contributed by atoms with van der Waals surface area (Å²) in [5, 5.41) is 3.53. The highest BCUT2D eigenvalue weighted by Gasteiger charge is 1.90. The monoisotopic (exact) mass is 114 g/mol. The zero-order chi connectivity index (χ0) is 6.41. The molecule has 0 aromatic heterocycles. The third kappa shape index (κ3) is 5.47. The van der Waals surface area contributed by atoms with Gasteiger partial charge in [-0.3, -0.25) is 10.1 Å². The zero-order valence-corrected chi connectivity index (χ0v) is 5.42. The molecule has 0 aliphatic carbocycles. The highest BCUT2D eigenvalue weighted by atomic mass is 16.1. The Labute approximate surface area is 50.3 Å². The Hall–Kier alpha value is -0.530. The molecule has 0 aliphatic heterocycles. The Morgan fingerprint density at radius 2 is 2.25 bits per heavy atom. The summed E-state index contributed by atoms with van der Waals surface area (Å²) in [5.41, 5.74) is 0. The van der Waals surface area contributed by atoms with Crippen molar-refractivity contribution in [2.24, 2.45) is 5.92 Å². The molecule has 0 aromatic rings. The van der Waals surface area contributed by atoms with Gasteiger partial charge in [-0.25, -0.2) is 0 Å². The summed E-state index contributed by atoms with van der Waals surface area (Å²) >= 11 is 0. The van der Waals surface area contributed by atoms with E-state index < -0.39 is 0 Å². The van der Waals surface area contributed by atoms with Gasteiger partial charge in [0.2, 0.25) is 6.41 Å². The summed E-state index contributed by atoms with van der Waals surface area (Å²) in [7, 11) is 0. The largest absolute Gasteiger partial charge is 0.277 e. The lowest BCUT2D eigenvalue weighted by atomic mass is 10.1. The van der Waals surface area contributed by atoms with E-state index >= 15 is 0 Å². The smallest absolute Gasteiger partial charge is 0.228 e. The van der Waals surface area contributed by atoms with Gasteiger partial charge in [-0.15, -0.1) is 0 Å². The number of hydrogen-bond donors (Lipinski definition) is 0. The first-order chi connectivity index (χ1) is 3.77. The molecule has 2 nitrogen and oxygen atoms in total. The molecule has 2 heteroatoms. The van der Waals surface area contributed by atoms with Crippen molar-refractivity contribution in [3.05, 3.63) is 0 Å². The van der Waals surface area contributed by atoms with E-state index in [-0.39, 0.29) is 0 Å². The minimum atomic E-state index is 0.613. The zero-order valence-electron chi connectivity index (χ0n) is 5.42. The van der Waals surface area contributed by atoms with Crippen LogP contribution in [-0.2, 0) is 4.79 Å². The van der Waals surface area contributed by atoms with Crippen LogP contribution in [-0.4, -0.2) is 13.0 Å². The van der Waals surface area contributed by atoms with Gasteiger partial charge in [-0.2, -0.15) is 0 Å². The fourth-order valence-electron chi connectivity index (χ4n) is 0.385. The van der Waals surface area contributed by atoms with Gasteiger partial charge in [-0.05, 0) is 12.3 Å². The fraction of sp³-hybridized carbons (Fsp3) is 0.833. The van der Waals surface area contributed by atoms with Gasteiger partial charge in [0.05, 0.1) is 0 Å². The van der Waals surface area contributed by atoms with Gasteiger partial charge < -0.3 is 0 Å². The second kappa shape index (κ2) is 4.62. The van der Waals surface area contributed by atoms with Gasteiger partial charge >= 0.3 is 0 Å². The summed E-state index contributed by atoms with van der Waals surface area (Å²) < 4.78 is 0. The minimum absolute atomic E-state index is 0.613. The quantitative estimate of drug-likeness (QED) is 0.392. The Kier molecular flexibility index (Phi) is 4.32. The van der Waals surface area contributed by atoms with E-state index in [1.54, 1.807) is 0 Å². The molecule has 47 valence electrons. The van der Waals surface area contributed by atoms with Crippen molar-refractivity contribution in [2.45, 2.75) is 20.3 Å². The molecule has 0 unspecified atom stereocenters. The summed E-state index contributed by atoms with van der Waals surface area (Å²) in [5.74, 6) is 0.652. The predicted octanol–water partition coefficient (Wildman–Crippen LogP) is 0.793. The number of rotatable bonds is 4. The van der Waals surface area contributed by atoms with E-state index in [2.05, 4.69) is 19.2 Å². The molecule has 1 radical (unpaired) electrons. The molecule has 0 rings (SSSR count). The van der Waals surface area contributed by atoms with Crippen molar-refractivity contribution >= 4 is 6.41 Å². The Morgan fingerprint density at radius 1 is 1.62 bits per heavy atom. The van der Waals surface area contributed by atoms with Crippen LogP contribution in [0.4, 0.5) is 0 Å². The lowest BCUT2D eigenvalue weighted by Gasteiger charge is -1.98. The third-order valence-electron chi connectivity index (χ3n) is 0.910. The van der Waals surface area contributed by atoms with Crippen LogP contribution < -0.4 is 5.32 Å². The summed E-state index contributed by atoms with van der Waals surface area (Å²) in [6.45, 7) is 4.90. The Balaban J connectivity index is 2.81. The Bertz CT molecular complexity index is 61.5. The first kappa shape index (κ1) is 7.47. The minimum Gasteiger partial charge on any atom is -0.277 e. The number of carbonyl (C=O) groups excluding carboxylic acids is 1. The molecule has 0 N–H and O–H groups in total. The van der Waals surface area contributed by atoms with Crippen LogP contribution in [0.5, 0.6) is 0 Å². The molecule has 8 heavy (non-hydrogen) atoms. The van der Waals surface area contributed by atoms with Gasteiger partial charge in [0.25, 0.3) is 0 Å². The maximum atomic E-state index is 9.62. The average Bonchev–Trinajstić information content (AvgIpc) is 1.66. The van der Waals surface area contributed by atoms with Crippen LogP contribution in [0, 0.1) is 5.92 Å². The van der Waals surface area contributed by atoms with Gasteiger partial charge in [0, 0.05) is 6.54 Å². The van der Waals surface area contributed by atoms with E-state index in [0.29, 0.717) is 18.9 Å². The summed E-state index contributed by atoms with van der Waals surface area (Å²) in [6, 6.07) is 0. The first-order valence-electron chi connectivity index (χ1n) is 2.87. The van der Waals surface area contributed by atoms with Crippen LogP contribution in [0.25, 0.3) is 0 Å². The van der Waals surface area contributed by atoms with Crippen molar-refractivity contribution in [3.63, 3.8) is 0 Å². The highest BCUT2D eigenvalue weighted by molar-refractivity contribution is 5.45. The molecule has 1 amide bonds. The molecule has 0 aliphatic rings. The molecule has 0 spiro atoms. The molecule has 0 fully saturated rings. The molecule has 0 aromatic carbocycles. The van der Waals surface area contributed by atoms with Crippen LogP contribution in [0.1, 0.15) is 20.3 Å². The fourth-order valence-corrected chi connectivity index (χ4v) is 0.385. The molecular formula is C6H12NO. The van der Waals surface area contributed by atoms with Crippen molar-refractivity contribution in [1.29, 1.82) is 0 Å². The summed E-state index contributed by atoms with van der Waals surface area (Å²) in [6.07, 6.45) is 1.63. The summed E-state index contributed by atoms with van der Waals surface area (Å²) in [4.78, 5) is 9.62. The second-order valence-corrected chi connectivity index (χ2v) is 2.19. The molecule has 0 heterocycles. The van der Waals surface area contributed by atoms with E-state index in [1.807, 2.05) is 0 Å². The van der Waals surface area contributed by atoms with Crippen molar-refractivity contribution in [1.82, 2.24) is 5.32 Å². The number of carbonyl (C=O) groups is 1. The molecule has 0 saturated heterocycles. The first-order valence-corrected chi connectivity index (χ1v) is 2.87. The van der Waals surface area contributed by atoms with Crippen LogP contribution in [0.2, 0.25) is 0 Å². The lowest BCUT2D eigenvalue weighted by Crippen LogP contribution is -2.05. The van der Waals surface area contributed by atoms with Crippen molar-refractivity contribution in [2.75, 3.05) is 6.54 Å². The number of nitrogens with zero attached hydrogens (tertiary/aromatic N) is 1. The SMILES string of the molecule is CC(C)CC[N]C=O. The average molecular weight is 114 g/mol. The number of hydrogen-bond acceptors (Lipinski definition) is 1. The maximum Gasteiger partial charge on any atom is 0.228 e. The Morgan fingerprint density at radius 3 is 2.62 bits per heavy atom. The van der Waals surface area contributed by atoms with E-state index in [9.17, 15) is 4.79 Å². The maximum absolute atomic E-state index is 9.62. The van der Waals surface area contributed by atoms with Crippen molar-refractivity contribution in [3.8, 4) is 0 Å². The highest BCUT2D eigenvalue weighted by Crippen LogP contribution is 1.95. The third-order valence-corrected chi connectivity index (χ3v) is 0.910. The second-order valence-electron chi connectivity index (χ2n) is 2.19. The predicted molar refractivity (Wildman–Crippen MR) is 32.5 cm³/mol. The molecule has 0 bridgehead atoms. The van der Waals surface area contributed by atoms with E-state index in [0.717, 1.165) is 6.42 Å². The normalized spacial score (nSPS) is 9.38. The topological polar surface area (TPSA) is 31.2 Å². The molecular weight excluding hydrogens is 102 g/mol. The lowest BCUT2D eigenvalue weighted by molar-refractivity contribution is -0.109. The van der Waals surface area contributed by atoms with Crippen LogP contribution >= 0.6 is 0 Å². The van der Waals surface area contributed by atoms with E-state index in [4.69, 9.17) is 0 Å². The van der Waals surface area contributed by atoms with Gasteiger partial charge in [0.1, 0.15) is 0 Å². The molecule has 0 saturated carbocycles. The molecule has 0 atom stereocenters. The van der Waals surface area contributed by atoms with Crippen LogP contribution in [0.3, 0.4) is 0 Å². The van der Waals surface area contributed by atoms with E-state index in [1.165, 1.54) is 0 Å². The van der Waals surface area contributed by atoms with Gasteiger partial charge in [0.15, 0.2) is 0 Å². The van der Waals surface area contributed by atoms with Crippen LogP contribution in [0.15, 0.2) is 0 Å². The van der Waals surface area contributed by atoms with Gasteiger partial charge in [-0.1, -0.05) is 13.8 Å². The van der Waals surface area contributed by atoms with Crippen molar-refractivity contribution < 1.29 is 4.79 Å². The number of amides is 1.